The number of carbonyl (C=O) groups excluding carboxylic acids is 1. The summed E-state index contributed by atoms with van der Waals surface area (Å²) in [5.74, 6) is 0.168. The van der Waals surface area contributed by atoms with E-state index in [1.807, 2.05) is 12.1 Å². The van der Waals surface area contributed by atoms with Gasteiger partial charge >= 0.3 is 0 Å². The highest BCUT2D eigenvalue weighted by atomic mass is 32.2. The average molecular weight is 399 g/mol. The van der Waals surface area contributed by atoms with Gasteiger partial charge in [0.25, 0.3) is 5.22 Å². The number of hydrogen-bond donors (Lipinski definition) is 1. The summed E-state index contributed by atoms with van der Waals surface area (Å²) in [6.45, 7) is 6.48. The van der Waals surface area contributed by atoms with Gasteiger partial charge in [-0.3, -0.25) is 4.79 Å². The zero-order valence-corrected chi connectivity index (χ0v) is 16.8. The van der Waals surface area contributed by atoms with Crippen molar-refractivity contribution in [3.05, 3.63) is 59.9 Å². The summed E-state index contributed by atoms with van der Waals surface area (Å²) in [6, 6.07) is 14.1. The van der Waals surface area contributed by atoms with Gasteiger partial charge in [0.05, 0.1) is 5.69 Å². The molecule has 0 aliphatic rings. The fraction of sp³-hybridized carbons (Fsp3) is 0.286. The quantitative estimate of drug-likeness (QED) is 0.570. The van der Waals surface area contributed by atoms with Gasteiger partial charge in [0, 0.05) is 17.7 Å². The van der Waals surface area contributed by atoms with E-state index in [9.17, 15) is 9.18 Å². The number of thioether (sulfide) groups is 1. The Bertz CT molecular complexity index is 949. The number of nitrogens with one attached hydrogen (secondary N) is 1. The number of aromatic nitrogens is 2. The van der Waals surface area contributed by atoms with E-state index in [1.54, 1.807) is 12.1 Å². The molecule has 146 valence electrons. The van der Waals surface area contributed by atoms with E-state index >= 15 is 0 Å². The summed E-state index contributed by atoms with van der Waals surface area (Å²) in [6.07, 6.45) is 0.205. The minimum Gasteiger partial charge on any atom is -0.411 e. The van der Waals surface area contributed by atoms with Crippen LogP contribution in [0.5, 0.6) is 0 Å². The predicted octanol–water partition coefficient (Wildman–Crippen LogP) is 5.29. The Hall–Kier alpha value is -2.67. The summed E-state index contributed by atoms with van der Waals surface area (Å²) < 4.78 is 19.2. The van der Waals surface area contributed by atoms with Crippen LogP contribution in [-0.4, -0.2) is 21.9 Å². The van der Waals surface area contributed by atoms with Crippen molar-refractivity contribution in [2.45, 2.75) is 37.8 Å². The lowest BCUT2D eigenvalue weighted by molar-refractivity contribution is -0.115. The third-order valence-electron chi connectivity index (χ3n) is 4.11. The highest BCUT2D eigenvalue weighted by molar-refractivity contribution is 7.99. The Morgan fingerprint density at radius 2 is 1.82 bits per heavy atom. The number of para-hydroxylation sites is 1. The van der Waals surface area contributed by atoms with Gasteiger partial charge < -0.3 is 9.73 Å². The number of benzene rings is 2. The van der Waals surface area contributed by atoms with Gasteiger partial charge in [-0.2, -0.15) is 0 Å². The molecule has 7 heteroatoms. The molecule has 3 rings (SSSR count). The molecule has 1 amide bonds. The number of anilines is 1. The van der Waals surface area contributed by atoms with E-state index in [0.29, 0.717) is 16.9 Å². The molecule has 28 heavy (non-hydrogen) atoms. The fourth-order valence-corrected chi connectivity index (χ4v) is 3.20. The standard InChI is InChI=1S/C21H22FN3O2S/c1-21(2,3)15-10-8-14(9-11-15)19-24-25-20(27-19)28-13-12-18(26)23-17-7-5-4-6-16(17)22/h4-11H,12-13H2,1-3H3,(H,23,26). The van der Waals surface area contributed by atoms with Crippen LogP contribution in [0.15, 0.2) is 58.2 Å². The maximum atomic E-state index is 13.5. The summed E-state index contributed by atoms with van der Waals surface area (Å²) >= 11 is 1.29. The fourth-order valence-electron chi connectivity index (χ4n) is 2.50. The zero-order valence-electron chi connectivity index (χ0n) is 16.0. The van der Waals surface area contributed by atoms with Crippen molar-refractivity contribution in [3.8, 4) is 11.5 Å². The third kappa shape index (κ3) is 5.19. The summed E-state index contributed by atoms with van der Waals surface area (Å²) in [5.41, 5.74) is 2.34. The Morgan fingerprint density at radius 3 is 2.50 bits per heavy atom. The monoisotopic (exact) mass is 399 g/mol. The van der Waals surface area contributed by atoms with Gasteiger partial charge in [-0.1, -0.05) is 56.8 Å². The minimum atomic E-state index is -0.456. The molecular weight excluding hydrogens is 377 g/mol. The maximum absolute atomic E-state index is 13.5. The first-order valence-corrected chi connectivity index (χ1v) is 9.93. The predicted molar refractivity (Wildman–Crippen MR) is 109 cm³/mol. The summed E-state index contributed by atoms with van der Waals surface area (Å²) in [7, 11) is 0. The lowest BCUT2D eigenvalue weighted by Gasteiger charge is -2.18. The van der Waals surface area contributed by atoms with Gasteiger partial charge in [-0.05, 0) is 35.2 Å². The molecule has 1 heterocycles. The van der Waals surface area contributed by atoms with Crippen molar-refractivity contribution in [2.24, 2.45) is 0 Å². The van der Waals surface area contributed by atoms with Crippen LogP contribution in [0.2, 0.25) is 0 Å². The molecule has 0 aliphatic heterocycles. The summed E-state index contributed by atoms with van der Waals surface area (Å²) in [4.78, 5) is 11.9. The second-order valence-corrected chi connectivity index (χ2v) is 8.37. The molecule has 1 N–H and O–H groups in total. The van der Waals surface area contributed by atoms with Crippen molar-refractivity contribution in [1.82, 2.24) is 10.2 Å². The van der Waals surface area contributed by atoms with Crippen LogP contribution in [0.4, 0.5) is 10.1 Å². The molecule has 0 saturated heterocycles. The number of carbonyl (C=O) groups is 1. The zero-order chi connectivity index (χ0) is 20.1. The van der Waals surface area contributed by atoms with Gasteiger partial charge in [0.2, 0.25) is 11.8 Å². The molecule has 1 aromatic heterocycles. The van der Waals surface area contributed by atoms with Crippen molar-refractivity contribution in [2.75, 3.05) is 11.1 Å². The van der Waals surface area contributed by atoms with E-state index < -0.39 is 5.82 Å². The molecule has 2 aromatic carbocycles. The first-order chi connectivity index (χ1) is 13.3. The highest BCUT2D eigenvalue weighted by Gasteiger charge is 2.15. The van der Waals surface area contributed by atoms with Crippen molar-refractivity contribution < 1.29 is 13.6 Å². The van der Waals surface area contributed by atoms with Crippen LogP contribution in [0.3, 0.4) is 0 Å². The smallest absolute Gasteiger partial charge is 0.276 e. The second-order valence-electron chi connectivity index (χ2n) is 7.33. The number of hydrogen-bond acceptors (Lipinski definition) is 5. The highest BCUT2D eigenvalue weighted by Crippen LogP contribution is 2.27. The van der Waals surface area contributed by atoms with Crippen LogP contribution in [0.1, 0.15) is 32.8 Å². The topological polar surface area (TPSA) is 68.0 Å². The average Bonchev–Trinajstić information content (AvgIpc) is 3.12. The molecular formula is C21H22FN3O2S. The van der Waals surface area contributed by atoms with E-state index in [2.05, 4.69) is 48.4 Å². The van der Waals surface area contributed by atoms with E-state index in [0.717, 1.165) is 5.56 Å². The number of rotatable bonds is 6. The summed E-state index contributed by atoms with van der Waals surface area (Å²) in [5, 5.41) is 11.0. The first-order valence-electron chi connectivity index (χ1n) is 8.94. The van der Waals surface area contributed by atoms with Gasteiger partial charge in [-0.15, -0.1) is 10.2 Å². The Morgan fingerprint density at radius 1 is 1.11 bits per heavy atom. The maximum Gasteiger partial charge on any atom is 0.276 e. The van der Waals surface area contributed by atoms with Crippen molar-refractivity contribution >= 4 is 23.4 Å². The molecule has 0 saturated carbocycles. The molecule has 0 fully saturated rings. The number of halogens is 1. The van der Waals surface area contributed by atoms with Crippen molar-refractivity contribution in [3.63, 3.8) is 0 Å². The van der Waals surface area contributed by atoms with Crippen LogP contribution in [-0.2, 0) is 10.2 Å². The minimum absolute atomic E-state index is 0.0810. The van der Waals surface area contributed by atoms with Gasteiger partial charge in [0.15, 0.2) is 0 Å². The number of amides is 1. The molecule has 0 unspecified atom stereocenters. The molecule has 0 radical (unpaired) electrons. The van der Waals surface area contributed by atoms with E-state index in [1.165, 1.54) is 29.5 Å². The van der Waals surface area contributed by atoms with E-state index in [4.69, 9.17) is 4.42 Å². The third-order valence-corrected chi connectivity index (χ3v) is 4.93. The van der Waals surface area contributed by atoms with Gasteiger partial charge in [-0.25, -0.2) is 4.39 Å². The molecule has 0 bridgehead atoms. The van der Waals surface area contributed by atoms with Crippen LogP contribution >= 0.6 is 11.8 Å². The molecule has 0 atom stereocenters. The van der Waals surface area contributed by atoms with Crippen molar-refractivity contribution in [1.29, 1.82) is 0 Å². The molecule has 0 aliphatic carbocycles. The second kappa shape index (κ2) is 8.56. The van der Waals surface area contributed by atoms with Crippen LogP contribution in [0, 0.1) is 5.82 Å². The number of nitrogens with zero attached hydrogens (tertiary/aromatic N) is 2. The normalized spacial score (nSPS) is 11.4. The Kier molecular flexibility index (Phi) is 6.14. The SMILES string of the molecule is CC(C)(C)c1ccc(-c2nnc(SCCC(=O)Nc3ccccc3F)o2)cc1. The van der Waals surface area contributed by atoms with E-state index in [-0.39, 0.29) is 23.4 Å². The Labute approximate surface area is 167 Å². The lowest BCUT2D eigenvalue weighted by Crippen LogP contribution is -2.13. The molecule has 5 nitrogen and oxygen atoms in total. The van der Waals surface area contributed by atoms with Gasteiger partial charge in [0.1, 0.15) is 5.82 Å². The lowest BCUT2D eigenvalue weighted by atomic mass is 9.87. The largest absolute Gasteiger partial charge is 0.411 e. The Balaban J connectivity index is 1.52. The molecule has 3 aromatic rings. The van der Waals surface area contributed by atoms with Crippen LogP contribution < -0.4 is 5.32 Å². The van der Waals surface area contributed by atoms with Crippen LogP contribution in [0.25, 0.3) is 11.5 Å². The molecule has 0 spiro atoms. The first kappa shape index (κ1) is 20.1.